The van der Waals surface area contributed by atoms with Crippen molar-refractivity contribution in [3.05, 3.63) is 63.9 Å². The second-order valence-electron chi connectivity index (χ2n) is 7.58. The summed E-state index contributed by atoms with van der Waals surface area (Å²) in [6, 6.07) is 12.6. The van der Waals surface area contributed by atoms with Crippen molar-refractivity contribution in [2.45, 2.75) is 51.5 Å². The maximum absolute atomic E-state index is 12.5. The van der Waals surface area contributed by atoms with Crippen LogP contribution in [-0.4, -0.2) is 38.4 Å². The molecule has 0 aliphatic heterocycles. The third kappa shape index (κ3) is 7.62. The maximum Gasteiger partial charge on any atom is 0.261 e. The lowest BCUT2D eigenvalue weighted by Gasteiger charge is -2.15. The standard InChI is InChI=1S/C24H27Cl2N5O3S/c1-4-16-6-9-18(10-7-16)34-15(3)23(33)27-13-21-29-30-24(31(21)5-2)35-14-22(32)28-17-8-11-19(25)20(26)12-17/h6-12,15H,4-5,13-14H2,1-3H3,(H,27,33)(H,28,32)/t15-/m1/s1. The molecule has 3 rings (SSSR count). The van der Waals surface area contributed by atoms with E-state index >= 15 is 0 Å². The summed E-state index contributed by atoms with van der Waals surface area (Å²) in [5.41, 5.74) is 1.76. The maximum atomic E-state index is 12.5. The predicted octanol–water partition coefficient (Wildman–Crippen LogP) is 4.98. The van der Waals surface area contributed by atoms with Gasteiger partial charge in [-0.05, 0) is 56.2 Å². The van der Waals surface area contributed by atoms with Crippen molar-refractivity contribution in [3.8, 4) is 5.75 Å². The van der Waals surface area contributed by atoms with E-state index in [9.17, 15) is 9.59 Å². The molecule has 186 valence electrons. The summed E-state index contributed by atoms with van der Waals surface area (Å²) < 4.78 is 7.59. The number of anilines is 1. The lowest BCUT2D eigenvalue weighted by Crippen LogP contribution is -2.36. The number of carbonyl (C=O) groups excluding carboxylic acids is 2. The van der Waals surface area contributed by atoms with Crippen molar-refractivity contribution in [3.63, 3.8) is 0 Å². The monoisotopic (exact) mass is 535 g/mol. The number of ether oxygens (including phenoxy) is 1. The fourth-order valence-corrected chi connectivity index (χ4v) is 4.27. The van der Waals surface area contributed by atoms with Crippen LogP contribution in [0.15, 0.2) is 47.6 Å². The molecule has 0 bridgehead atoms. The van der Waals surface area contributed by atoms with E-state index < -0.39 is 6.10 Å². The van der Waals surface area contributed by atoms with Gasteiger partial charge in [0.05, 0.1) is 22.3 Å². The number of nitrogens with one attached hydrogen (secondary N) is 2. The summed E-state index contributed by atoms with van der Waals surface area (Å²) in [5, 5.41) is 15.3. The van der Waals surface area contributed by atoms with Gasteiger partial charge in [-0.15, -0.1) is 10.2 Å². The quantitative estimate of drug-likeness (QED) is 0.336. The number of benzene rings is 2. The molecule has 0 saturated heterocycles. The first kappa shape index (κ1) is 26.8. The summed E-state index contributed by atoms with van der Waals surface area (Å²) in [6.07, 6.45) is 0.274. The average molecular weight is 536 g/mol. The van der Waals surface area contributed by atoms with Crippen molar-refractivity contribution >= 4 is 52.5 Å². The van der Waals surface area contributed by atoms with E-state index in [-0.39, 0.29) is 24.1 Å². The Labute approximate surface area is 218 Å². The fourth-order valence-electron chi connectivity index (χ4n) is 3.15. The highest BCUT2D eigenvalue weighted by Gasteiger charge is 2.18. The molecule has 0 aliphatic carbocycles. The van der Waals surface area contributed by atoms with Crippen LogP contribution in [0, 0.1) is 0 Å². The molecule has 8 nitrogen and oxygen atoms in total. The van der Waals surface area contributed by atoms with Crippen molar-refractivity contribution in [2.24, 2.45) is 0 Å². The number of amides is 2. The van der Waals surface area contributed by atoms with Crippen LogP contribution < -0.4 is 15.4 Å². The number of aromatic nitrogens is 3. The summed E-state index contributed by atoms with van der Waals surface area (Å²) in [6.45, 7) is 6.50. The zero-order valence-corrected chi connectivity index (χ0v) is 22.0. The van der Waals surface area contributed by atoms with Crippen LogP contribution in [0.3, 0.4) is 0 Å². The van der Waals surface area contributed by atoms with Crippen molar-refractivity contribution in [2.75, 3.05) is 11.1 Å². The van der Waals surface area contributed by atoms with Gasteiger partial charge in [0.1, 0.15) is 5.75 Å². The van der Waals surface area contributed by atoms with Gasteiger partial charge in [0.25, 0.3) is 5.91 Å². The van der Waals surface area contributed by atoms with Gasteiger partial charge >= 0.3 is 0 Å². The minimum Gasteiger partial charge on any atom is -0.481 e. The second kappa shape index (κ2) is 12.8. The first-order valence-corrected chi connectivity index (χ1v) is 12.9. The zero-order chi connectivity index (χ0) is 25.4. The topological polar surface area (TPSA) is 98.1 Å². The van der Waals surface area contributed by atoms with Crippen molar-refractivity contribution < 1.29 is 14.3 Å². The number of nitrogens with zero attached hydrogens (tertiary/aromatic N) is 3. The molecule has 0 saturated carbocycles. The van der Waals surface area contributed by atoms with E-state index in [1.807, 2.05) is 35.8 Å². The predicted molar refractivity (Wildman–Crippen MR) is 139 cm³/mol. The van der Waals surface area contributed by atoms with Crippen LogP contribution in [-0.2, 0) is 29.1 Å². The van der Waals surface area contributed by atoms with Gasteiger partial charge in [-0.2, -0.15) is 0 Å². The van der Waals surface area contributed by atoms with Crippen molar-refractivity contribution in [1.29, 1.82) is 0 Å². The number of thioether (sulfide) groups is 1. The van der Waals surface area contributed by atoms with Gasteiger partial charge in [0, 0.05) is 12.2 Å². The highest BCUT2D eigenvalue weighted by molar-refractivity contribution is 7.99. The Kier molecular flexibility index (Phi) is 9.83. The van der Waals surface area contributed by atoms with E-state index in [1.165, 1.54) is 17.3 Å². The van der Waals surface area contributed by atoms with Crippen LogP contribution in [0.4, 0.5) is 5.69 Å². The smallest absolute Gasteiger partial charge is 0.261 e. The highest BCUT2D eigenvalue weighted by Crippen LogP contribution is 2.25. The summed E-state index contributed by atoms with van der Waals surface area (Å²) in [7, 11) is 0. The van der Waals surface area contributed by atoms with E-state index in [0.29, 0.717) is 39.0 Å². The third-order valence-electron chi connectivity index (χ3n) is 5.08. The molecule has 1 atom stereocenters. The number of aryl methyl sites for hydroxylation is 1. The van der Waals surface area contributed by atoms with E-state index in [1.54, 1.807) is 25.1 Å². The summed E-state index contributed by atoms with van der Waals surface area (Å²) in [4.78, 5) is 24.8. The van der Waals surface area contributed by atoms with Gasteiger partial charge in [-0.3, -0.25) is 9.59 Å². The van der Waals surface area contributed by atoms with Crippen LogP contribution in [0.1, 0.15) is 32.2 Å². The van der Waals surface area contributed by atoms with E-state index in [0.717, 1.165) is 6.42 Å². The molecule has 2 aromatic carbocycles. The number of halogens is 2. The number of hydrogen-bond acceptors (Lipinski definition) is 6. The Balaban J connectivity index is 1.51. The molecule has 0 spiro atoms. The Morgan fingerprint density at radius 1 is 1.09 bits per heavy atom. The Morgan fingerprint density at radius 2 is 1.83 bits per heavy atom. The molecule has 0 aliphatic rings. The summed E-state index contributed by atoms with van der Waals surface area (Å²) in [5.74, 6) is 0.885. The molecule has 1 aromatic heterocycles. The molecular weight excluding hydrogens is 509 g/mol. The third-order valence-corrected chi connectivity index (χ3v) is 6.79. The molecule has 35 heavy (non-hydrogen) atoms. The molecule has 2 N–H and O–H groups in total. The SMILES string of the molecule is CCc1ccc(O[C@H](C)C(=O)NCc2nnc(SCC(=O)Nc3ccc(Cl)c(Cl)c3)n2CC)cc1. The molecule has 0 radical (unpaired) electrons. The first-order valence-electron chi connectivity index (χ1n) is 11.1. The molecule has 11 heteroatoms. The zero-order valence-electron chi connectivity index (χ0n) is 19.7. The van der Waals surface area contributed by atoms with Gasteiger partial charge in [0.15, 0.2) is 17.1 Å². The van der Waals surface area contributed by atoms with Crippen LogP contribution >= 0.6 is 35.0 Å². The van der Waals surface area contributed by atoms with Crippen LogP contribution in [0.5, 0.6) is 5.75 Å². The molecular formula is C24H27Cl2N5O3S. The van der Waals surface area contributed by atoms with Crippen LogP contribution in [0.25, 0.3) is 0 Å². The Morgan fingerprint density at radius 3 is 2.49 bits per heavy atom. The van der Waals surface area contributed by atoms with Gasteiger partial charge < -0.3 is 19.9 Å². The molecule has 3 aromatic rings. The molecule has 1 heterocycles. The lowest BCUT2D eigenvalue weighted by molar-refractivity contribution is -0.127. The lowest BCUT2D eigenvalue weighted by atomic mass is 10.2. The minimum atomic E-state index is -0.667. The Hall–Kier alpha value is -2.75. The van der Waals surface area contributed by atoms with Gasteiger partial charge in [-0.25, -0.2) is 0 Å². The van der Waals surface area contributed by atoms with Crippen LogP contribution in [0.2, 0.25) is 10.0 Å². The van der Waals surface area contributed by atoms with Gasteiger partial charge in [0.2, 0.25) is 5.91 Å². The van der Waals surface area contributed by atoms with Crippen molar-refractivity contribution in [1.82, 2.24) is 20.1 Å². The second-order valence-corrected chi connectivity index (χ2v) is 9.34. The number of hydrogen-bond donors (Lipinski definition) is 2. The Bertz CT molecular complexity index is 1170. The summed E-state index contributed by atoms with van der Waals surface area (Å²) >= 11 is 13.1. The fraction of sp³-hybridized carbons (Fsp3) is 0.333. The minimum absolute atomic E-state index is 0.131. The molecule has 2 amide bonds. The number of carbonyl (C=O) groups is 2. The normalized spacial score (nSPS) is 11.7. The van der Waals surface area contributed by atoms with E-state index in [2.05, 4.69) is 27.8 Å². The highest BCUT2D eigenvalue weighted by atomic mass is 35.5. The average Bonchev–Trinajstić information content (AvgIpc) is 3.25. The van der Waals surface area contributed by atoms with E-state index in [4.69, 9.17) is 27.9 Å². The number of rotatable bonds is 11. The van der Waals surface area contributed by atoms with Gasteiger partial charge in [-0.1, -0.05) is 54.0 Å². The molecule has 0 unspecified atom stereocenters. The first-order chi connectivity index (χ1) is 16.8. The molecule has 0 fully saturated rings. The largest absolute Gasteiger partial charge is 0.481 e.